The molecule has 174 valence electrons. The lowest BCUT2D eigenvalue weighted by Gasteiger charge is -2.12. The van der Waals surface area contributed by atoms with Gasteiger partial charge in [0, 0.05) is 22.9 Å². The van der Waals surface area contributed by atoms with E-state index in [-0.39, 0.29) is 12.4 Å². The number of benzene rings is 2. The van der Waals surface area contributed by atoms with Crippen molar-refractivity contribution in [2.24, 2.45) is 0 Å². The number of carbonyl (C=O) groups is 2. The van der Waals surface area contributed by atoms with Gasteiger partial charge in [-0.25, -0.2) is 14.3 Å². The van der Waals surface area contributed by atoms with Crippen molar-refractivity contribution in [3.8, 4) is 11.5 Å². The Morgan fingerprint density at radius 1 is 1.06 bits per heavy atom. The number of esters is 2. The highest BCUT2D eigenvalue weighted by Crippen LogP contribution is 2.29. The molecule has 0 unspecified atom stereocenters. The van der Waals surface area contributed by atoms with Gasteiger partial charge in [-0.3, -0.25) is 4.79 Å². The molecule has 0 N–H and O–H groups in total. The molecule has 0 amide bonds. The summed E-state index contributed by atoms with van der Waals surface area (Å²) in [7, 11) is 2.80. The maximum atomic E-state index is 12.6. The number of carbonyl (C=O) groups excluding carboxylic acids is 2. The second kappa shape index (κ2) is 9.74. The van der Waals surface area contributed by atoms with E-state index in [1.54, 1.807) is 24.3 Å². The molecule has 0 saturated carbocycles. The smallest absolute Gasteiger partial charge is 0.330 e. The van der Waals surface area contributed by atoms with Gasteiger partial charge in [-0.15, -0.1) is 0 Å². The molecule has 0 aliphatic heterocycles. The van der Waals surface area contributed by atoms with E-state index in [0.29, 0.717) is 23.5 Å². The first-order valence-electron chi connectivity index (χ1n) is 10.8. The number of hydrogen-bond donors (Lipinski definition) is 0. The van der Waals surface area contributed by atoms with Gasteiger partial charge in [0.1, 0.15) is 0 Å². The van der Waals surface area contributed by atoms with Gasteiger partial charge in [-0.05, 0) is 61.7 Å². The van der Waals surface area contributed by atoms with Crippen molar-refractivity contribution in [3.63, 3.8) is 0 Å². The Bertz CT molecular complexity index is 1420. The second-order valence-corrected chi connectivity index (χ2v) is 7.75. The van der Waals surface area contributed by atoms with Crippen molar-refractivity contribution < 1.29 is 23.8 Å². The summed E-state index contributed by atoms with van der Waals surface area (Å²) in [4.78, 5) is 28.7. The summed E-state index contributed by atoms with van der Waals surface area (Å²) < 4.78 is 17.3. The quantitative estimate of drug-likeness (QED) is 0.232. The molecule has 0 spiro atoms. The highest BCUT2D eigenvalue weighted by molar-refractivity contribution is 5.92. The summed E-state index contributed by atoms with van der Waals surface area (Å²) in [6.07, 6.45) is 3.53. The highest BCUT2D eigenvalue weighted by Gasteiger charge is 2.16. The Balaban J connectivity index is 1.49. The fourth-order valence-corrected chi connectivity index (χ4v) is 3.84. The van der Waals surface area contributed by atoms with Crippen molar-refractivity contribution in [1.29, 1.82) is 0 Å². The predicted octanol–water partition coefficient (Wildman–Crippen LogP) is 4.23. The van der Waals surface area contributed by atoms with Crippen LogP contribution in [0.25, 0.3) is 22.6 Å². The Morgan fingerprint density at radius 3 is 2.62 bits per heavy atom. The Labute approximate surface area is 196 Å². The van der Waals surface area contributed by atoms with Crippen LogP contribution in [0.15, 0.2) is 48.5 Å². The molecule has 0 aliphatic rings. The summed E-state index contributed by atoms with van der Waals surface area (Å²) >= 11 is 0. The number of fused-ring (bicyclic) bond motifs is 3. The van der Waals surface area contributed by atoms with Crippen molar-refractivity contribution in [1.82, 2.24) is 14.6 Å². The van der Waals surface area contributed by atoms with Crippen LogP contribution in [-0.4, -0.2) is 40.8 Å². The third kappa shape index (κ3) is 4.61. The molecule has 2 heterocycles. The van der Waals surface area contributed by atoms with Gasteiger partial charge >= 0.3 is 11.9 Å². The lowest BCUT2D eigenvalue weighted by Crippen LogP contribution is -2.12. The van der Waals surface area contributed by atoms with Crippen LogP contribution in [0.1, 0.15) is 28.9 Å². The van der Waals surface area contributed by atoms with E-state index in [2.05, 4.69) is 9.84 Å². The molecule has 0 fully saturated rings. The fraction of sp³-hybridized carbons (Fsp3) is 0.231. The Kier molecular flexibility index (Phi) is 6.58. The molecule has 0 radical (unpaired) electrons. The monoisotopic (exact) mass is 459 g/mol. The fourth-order valence-electron chi connectivity index (χ4n) is 3.84. The van der Waals surface area contributed by atoms with Gasteiger partial charge in [0.25, 0.3) is 0 Å². The summed E-state index contributed by atoms with van der Waals surface area (Å²) in [5.74, 6) is -0.154. The average molecular weight is 460 g/mol. The standard InChI is InChI=1S/C26H25N3O5/c1-16-19(17(2)29-26(27-16)20-7-5-6-8-21(20)28-29)11-14-25(31)34-22-12-9-18(15-23(22)32-3)10-13-24(30)33-4/h5-10,12-13,15H,11,14H2,1-4H3/b13-10+. The van der Waals surface area contributed by atoms with Gasteiger partial charge in [0.2, 0.25) is 0 Å². The molecule has 4 rings (SSSR count). The zero-order valence-corrected chi connectivity index (χ0v) is 19.5. The first-order chi connectivity index (χ1) is 16.4. The number of rotatable bonds is 7. The minimum atomic E-state index is -0.462. The normalized spacial score (nSPS) is 11.3. The number of methoxy groups -OCH3 is 2. The van der Waals surface area contributed by atoms with E-state index in [1.807, 2.05) is 42.6 Å². The number of ether oxygens (including phenoxy) is 3. The molecule has 8 heteroatoms. The highest BCUT2D eigenvalue weighted by atomic mass is 16.6. The molecule has 2 aromatic heterocycles. The van der Waals surface area contributed by atoms with Crippen LogP contribution >= 0.6 is 0 Å². The van der Waals surface area contributed by atoms with Crippen LogP contribution in [0.5, 0.6) is 11.5 Å². The molecule has 34 heavy (non-hydrogen) atoms. The summed E-state index contributed by atoms with van der Waals surface area (Å²) in [6, 6.07) is 12.9. The Morgan fingerprint density at radius 2 is 1.85 bits per heavy atom. The van der Waals surface area contributed by atoms with Crippen molar-refractivity contribution in [2.75, 3.05) is 14.2 Å². The van der Waals surface area contributed by atoms with E-state index < -0.39 is 5.97 Å². The number of aromatic nitrogens is 3. The van der Waals surface area contributed by atoms with Crippen LogP contribution in [0.2, 0.25) is 0 Å². The van der Waals surface area contributed by atoms with Crippen LogP contribution in [0.3, 0.4) is 0 Å². The van der Waals surface area contributed by atoms with Crippen molar-refractivity contribution in [3.05, 3.63) is 71.1 Å². The largest absolute Gasteiger partial charge is 0.493 e. The lowest BCUT2D eigenvalue weighted by molar-refractivity contribution is -0.135. The van der Waals surface area contributed by atoms with Crippen LogP contribution in [-0.2, 0) is 20.7 Å². The minimum absolute atomic E-state index is 0.169. The van der Waals surface area contributed by atoms with Crippen LogP contribution in [0, 0.1) is 13.8 Å². The predicted molar refractivity (Wildman–Crippen MR) is 128 cm³/mol. The molecule has 2 aromatic carbocycles. The van der Waals surface area contributed by atoms with E-state index in [9.17, 15) is 9.59 Å². The van der Waals surface area contributed by atoms with Gasteiger partial charge < -0.3 is 14.2 Å². The number of aryl methyl sites for hydroxylation is 2. The van der Waals surface area contributed by atoms with E-state index in [1.165, 1.54) is 20.3 Å². The van der Waals surface area contributed by atoms with Crippen LogP contribution in [0.4, 0.5) is 0 Å². The van der Waals surface area contributed by atoms with Gasteiger partial charge in [0.15, 0.2) is 17.1 Å². The first-order valence-corrected chi connectivity index (χ1v) is 10.8. The molecular weight excluding hydrogens is 434 g/mol. The molecule has 0 atom stereocenters. The Hall–Kier alpha value is -4.20. The van der Waals surface area contributed by atoms with Crippen molar-refractivity contribution in [2.45, 2.75) is 26.7 Å². The van der Waals surface area contributed by atoms with Gasteiger partial charge in [-0.2, -0.15) is 5.10 Å². The van der Waals surface area contributed by atoms with Gasteiger partial charge in [0.05, 0.1) is 26.2 Å². The number of nitrogens with zero attached hydrogens (tertiary/aromatic N) is 3. The molecule has 0 aliphatic carbocycles. The molecule has 8 nitrogen and oxygen atoms in total. The third-order valence-electron chi connectivity index (χ3n) is 5.62. The maximum Gasteiger partial charge on any atom is 0.330 e. The molecule has 4 aromatic rings. The average Bonchev–Trinajstić information content (AvgIpc) is 3.21. The second-order valence-electron chi connectivity index (χ2n) is 7.75. The minimum Gasteiger partial charge on any atom is -0.493 e. The summed E-state index contributed by atoms with van der Waals surface area (Å²) in [5, 5.41) is 5.66. The SMILES string of the molecule is COC(=O)/C=C/c1ccc(OC(=O)CCc2c(C)nc3c4ccccc4nn3c2C)c(OC)c1. The summed E-state index contributed by atoms with van der Waals surface area (Å²) in [5.41, 5.74) is 5.18. The van der Waals surface area contributed by atoms with Gasteiger partial charge in [-0.1, -0.05) is 18.2 Å². The molecule has 0 bridgehead atoms. The zero-order valence-electron chi connectivity index (χ0n) is 19.5. The van der Waals surface area contributed by atoms with E-state index in [0.717, 1.165) is 33.5 Å². The topological polar surface area (TPSA) is 92.0 Å². The lowest BCUT2D eigenvalue weighted by atomic mass is 10.1. The third-order valence-corrected chi connectivity index (χ3v) is 5.62. The van der Waals surface area contributed by atoms with E-state index in [4.69, 9.17) is 14.5 Å². The van der Waals surface area contributed by atoms with Crippen LogP contribution < -0.4 is 9.47 Å². The molecular formula is C26H25N3O5. The maximum absolute atomic E-state index is 12.6. The molecule has 0 saturated heterocycles. The first kappa shape index (κ1) is 23.0. The number of hydrogen-bond acceptors (Lipinski definition) is 7. The summed E-state index contributed by atoms with van der Waals surface area (Å²) in [6.45, 7) is 3.93. The van der Waals surface area contributed by atoms with Crippen molar-refractivity contribution >= 4 is 34.6 Å². The zero-order chi connectivity index (χ0) is 24.2. The van der Waals surface area contributed by atoms with E-state index >= 15 is 0 Å².